The van der Waals surface area contributed by atoms with Gasteiger partial charge in [-0.1, -0.05) is 17.7 Å². The predicted molar refractivity (Wildman–Crippen MR) is 94.3 cm³/mol. The van der Waals surface area contributed by atoms with Crippen LogP contribution < -0.4 is 10.6 Å². The molecule has 0 radical (unpaired) electrons. The smallest absolute Gasteiger partial charge is 0.274 e. The predicted octanol–water partition coefficient (Wildman–Crippen LogP) is 4.21. The first kappa shape index (κ1) is 17.2. The molecule has 0 aliphatic heterocycles. The molecule has 2 N–H and O–H groups in total. The molecule has 0 aliphatic carbocycles. The molecule has 0 saturated heterocycles. The largest absolute Gasteiger partial charge is 0.365 e. The monoisotopic (exact) mass is 332 g/mol. The summed E-state index contributed by atoms with van der Waals surface area (Å²) >= 11 is 6.08. The normalized spacial score (nSPS) is 11.2. The molecule has 6 heteroatoms. The van der Waals surface area contributed by atoms with Crippen LogP contribution in [-0.4, -0.2) is 21.4 Å². The molecular weight excluding hydrogens is 312 g/mol. The van der Waals surface area contributed by atoms with Crippen molar-refractivity contribution in [3.8, 4) is 0 Å². The molecule has 0 unspecified atom stereocenters. The molecule has 0 bridgehead atoms. The number of halogens is 1. The first-order chi connectivity index (χ1) is 10.7. The number of hydrogen-bond acceptors (Lipinski definition) is 4. The van der Waals surface area contributed by atoms with Crippen LogP contribution in [0.2, 0.25) is 5.02 Å². The fourth-order valence-electron chi connectivity index (χ4n) is 2.06. The van der Waals surface area contributed by atoms with Gasteiger partial charge < -0.3 is 10.6 Å². The van der Waals surface area contributed by atoms with Crippen LogP contribution in [0.25, 0.3) is 0 Å². The van der Waals surface area contributed by atoms with Gasteiger partial charge in [0.1, 0.15) is 17.3 Å². The summed E-state index contributed by atoms with van der Waals surface area (Å²) < 4.78 is 0. The Hall–Kier alpha value is -2.14. The number of rotatable bonds is 3. The van der Waals surface area contributed by atoms with E-state index in [-0.39, 0.29) is 11.4 Å². The van der Waals surface area contributed by atoms with E-state index < -0.39 is 0 Å². The van der Waals surface area contributed by atoms with Crippen molar-refractivity contribution < 1.29 is 4.79 Å². The van der Waals surface area contributed by atoms with Gasteiger partial charge >= 0.3 is 0 Å². The lowest BCUT2D eigenvalue weighted by atomic mass is 10.1. The Morgan fingerprint density at radius 1 is 1.17 bits per heavy atom. The van der Waals surface area contributed by atoms with E-state index in [0.29, 0.717) is 28.0 Å². The molecule has 1 aromatic carbocycles. The van der Waals surface area contributed by atoms with Crippen LogP contribution in [-0.2, 0) is 0 Å². The van der Waals surface area contributed by atoms with Crippen LogP contribution in [0.4, 0.5) is 11.5 Å². The van der Waals surface area contributed by atoms with E-state index in [9.17, 15) is 4.79 Å². The van der Waals surface area contributed by atoms with Gasteiger partial charge in [0.15, 0.2) is 0 Å². The molecule has 0 aliphatic rings. The number of aryl methyl sites for hydroxylation is 1. The van der Waals surface area contributed by atoms with Crippen LogP contribution in [0.15, 0.2) is 24.3 Å². The van der Waals surface area contributed by atoms with E-state index in [0.717, 1.165) is 5.56 Å². The van der Waals surface area contributed by atoms with Crippen molar-refractivity contribution in [2.24, 2.45) is 0 Å². The number of carbonyl (C=O) groups excluding carboxylic acids is 1. The number of nitrogens with zero attached hydrogens (tertiary/aromatic N) is 2. The summed E-state index contributed by atoms with van der Waals surface area (Å²) in [6.45, 7) is 9.70. The van der Waals surface area contributed by atoms with Crippen LogP contribution in [0.3, 0.4) is 0 Å². The molecule has 1 amide bonds. The third-order valence-electron chi connectivity index (χ3n) is 3.09. The highest BCUT2D eigenvalue weighted by atomic mass is 35.5. The van der Waals surface area contributed by atoms with Gasteiger partial charge in [0.25, 0.3) is 5.91 Å². The highest BCUT2D eigenvalue weighted by molar-refractivity contribution is 6.31. The maximum absolute atomic E-state index is 12.5. The average molecular weight is 333 g/mol. The van der Waals surface area contributed by atoms with Gasteiger partial charge in [-0.15, -0.1) is 0 Å². The van der Waals surface area contributed by atoms with Crippen molar-refractivity contribution in [3.05, 3.63) is 46.4 Å². The Bertz CT molecular complexity index is 738. The van der Waals surface area contributed by atoms with Gasteiger partial charge in [0.05, 0.1) is 0 Å². The standard InChI is InChI=1S/C17H21ClN4O/c1-10-12(18)7-6-8-13(10)21-16(23)14-9-15(20-11(2)19-14)22-17(3,4)5/h6-9H,1-5H3,(H,21,23)(H,19,20,22). The summed E-state index contributed by atoms with van der Waals surface area (Å²) in [5.74, 6) is 0.864. The highest BCUT2D eigenvalue weighted by Crippen LogP contribution is 2.23. The maximum atomic E-state index is 12.5. The molecule has 23 heavy (non-hydrogen) atoms. The number of carbonyl (C=O) groups is 1. The van der Waals surface area contributed by atoms with Crippen molar-refractivity contribution in [2.45, 2.75) is 40.2 Å². The minimum absolute atomic E-state index is 0.155. The van der Waals surface area contributed by atoms with Gasteiger partial charge in [0.2, 0.25) is 0 Å². The number of nitrogens with one attached hydrogen (secondary N) is 2. The number of hydrogen-bond donors (Lipinski definition) is 2. The maximum Gasteiger partial charge on any atom is 0.274 e. The first-order valence-electron chi connectivity index (χ1n) is 7.36. The van der Waals surface area contributed by atoms with Gasteiger partial charge in [-0.2, -0.15) is 0 Å². The molecule has 2 rings (SSSR count). The zero-order valence-electron chi connectivity index (χ0n) is 14.0. The fourth-order valence-corrected chi connectivity index (χ4v) is 2.24. The minimum atomic E-state index is -0.294. The van der Waals surface area contributed by atoms with Gasteiger partial charge in [0, 0.05) is 22.3 Å². The van der Waals surface area contributed by atoms with E-state index in [1.54, 1.807) is 25.1 Å². The lowest BCUT2D eigenvalue weighted by molar-refractivity contribution is 0.102. The summed E-state index contributed by atoms with van der Waals surface area (Å²) in [5.41, 5.74) is 1.65. The van der Waals surface area contributed by atoms with Gasteiger partial charge in [-0.3, -0.25) is 4.79 Å². The summed E-state index contributed by atoms with van der Waals surface area (Å²) in [5, 5.41) is 6.70. The Balaban J connectivity index is 2.27. The lowest BCUT2D eigenvalue weighted by Crippen LogP contribution is -2.27. The van der Waals surface area contributed by atoms with Crippen molar-refractivity contribution in [1.29, 1.82) is 0 Å². The van der Waals surface area contributed by atoms with Crippen molar-refractivity contribution in [2.75, 3.05) is 10.6 Å². The second-order valence-electron chi connectivity index (χ2n) is 6.43. The van der Waals surface area contributed by atoms with Crippen molar-refractivity contribution >= 4 is 29.0 Å². The molecular formula is C17H21ClN4O. The van der Waals surface area contributed by atoms with Crippen LogP contribution in [0.1, 0.15) is 42.6 Å². The van der Waals surface area contributed by atoms with Crippen molar-refractivity contribution in [1.82, 2.24) is 9.97 Å². The Morgan fingerprint density at radius 3 is 2.52 bits per heavy atom. The lowest BCUT2D eigenvalue weighted by Gasteiger charge is -2.21. The topological polar surface area (TPSA) is 66.9 Å². The zero-order valence-corrected chi connectivity index (χ0v) is 14.7. The quantitative estimate of drug-likeness (QED) is 0.883. The molecule has 0 saturated carbocycles. The van der Waals surface area contributed by atoms with Crippen LogP contribution in [0, 0.1) is 13.8 Å². The number of anilines is 2. The molecule has 1 heterocycles. The van der Waals surface area contributed by atoms with E-state index >= 15 is 0 Å². The molecule has 0 fully saturated rings. The molecule has 0 atom stereocenters. The third kappa shape index (κ3) is 4.66. The Labute approximate surface area is 141 Å². The molecule has 1 aromatic heterocycles. The van der Waals surface area contributed by atoms with Crippen LogP contribution in [0.5, 0.6) is 0 Å². The SMILES string of the molecule is Cc1nc(NC(C)(C)C)cc(C(=O)Nc2cccc(Cl)c2C)n1. The zero-order chi connectivity index (χ0) is 17.2. The number of benzene rings is 1. The summed E-state index contributed by atoms with van der Waals surface area (Å²) in [6.07, 6.45) is 0. The van der Waals surface area contributed by atoms with Crippen molar-refractivity contribution in [3.63, 3.8) is 0 Å². The summed E-state index contributed by atoms with van der Waals surface area (Å²) in [7, 11) is 0. The Morgan fingerprint density at radius 2 is 1.87 bits per heavy atom. The highest BCUT2D eigenvalue weighted by Gasteiger charge is 2.15. The number of aromatic nitrogens is 2. The second-order valence-corrected chi connectivity index (χ2v) is 6.83. The van der Waals surface area contributed by atoms with Gasteiger partial charge in [-0.05, 0) is 52.3 Å². The van der Waals surface area contributed by atoms with Crippen LogP contribution >= 0.6 is 11.6 Å². The Kier molecular flexibility index (Phi) is 4.90. The molecule has 2 aromatic rings. The second kappa shape index (κ2) is 6.54. The summed E-state index contributed by atoms with van der Waals surface area (Å²) in [6, 6.07) is 7.03. The van der Waals surface area contributed by atoms with E-state index in [4.69, 9.17) is 11.6 Å². The first-order valence-corrected chi connectivity index (χ1v) is 7.74. The van der Waals surface area contributed by atoms with E-state index in [1.165, 1.54) is 0 Å². The fraction of sp³-hybridized carbons (Fsp3) is 0.353. The van der Waals surface area contributed by atoms with E-state index in [1.807, 2.05) is 33.8 Å². The molecule has 122 valence electrons. The van der Waals surface area contributed by atoms with E-state index in [2.05, 4.69) is 20.6 Å². The summed E-state index contributed by atoms with van der Waals surface area (Å²) in [4.78, 5) is 21.0. The average Bonchev–Trinajstić information content (AvgIpc) is 2.41. The molecule has 0 spiro atoms. The number of amides is 1. The molecule has 5 nitrogen and oxygen atoms in total. The van der Waals surface area contributed by atoms with Gasteiger partial charge in [-0.25, -0.2) is 9.97 Å². The third-order valence-corrected chi connectivity index (χ3v) is 3.50. The minimum Gasteiger partial charge on any atom is -0.365 e.